The second kappa shape index (κ2) is 10.5. The highest BCUT2D eigenvalue weighted by Gasteiger charge is 2.42. The summed E-state index contributed by atoms with van der Waals surface area (Å²) in [5, 5.41) is 17.0. The SMILES string of the molecule is COc1ccc([C@H]2C(C#N)=C(SCC(=O)Nc3cccc(OC)c3)NC3=C2C(=O)CC(C)(C)C3)cc1. The molecule has 1 atom stereocenters. The molecule has 0 saturated heterocycles. The summed E-state index contributed by atoms with van der Waals surface area (Å²) in [6.07, 6.45) is 1.10. The number of hydrogen-bond acceptors (Lipinski definition) is 7. The minimum Gasteiger partial charge on any atom is -0.497 e. The maximum atomic E-state index is 13.3. The molecule has 1 aliphatic carbocycles. The van der Waals surface area contributed by atoms with E-state index in [9.17, 15) is 14.9 Å². The van der Waals surface area contributed by atoms with E-state index in [1.807, 2.05) is 24.3 Å². The zero-order valence-electron chi connectivity index (χ0n) is 20.8. The number of Topliss-reactive ketones (excluding diaryl/α,β-unsaturated/α-hetero) is 1. The zero-order chi connectivity index (χ0) is 25.9. The lowest BCUT2D eigenvalue weighted by atomic mass is 9.69. The second-order valence-corrected chi connectivity index (χ2v) is 10.6. The van der Waals surface area contributed by atoms with Gasteiger partial charge in [0.05, 0.1) is 42.6 Å². The highest BCUT2D eigenvalue weighted by Crippen LogP contribution is 2.48. The molecule has 0 radical (unpaired) electrons. The number of dihydropyridines is 1. The molecule has 36 heavy (non-hydrogen) atoms. The van der Waals surface area contributed by atoms with Gasteiger partial charge in [-0.25, -0.2) is 0 Å². The van der Waals surface area contributed by atoms with E-state index in [-0.39, 0.29) is 22.9 Å². The topological polar surface area (TPSA) is 100 Å². The van der Waals surface area contributed by atoms with E-state index in [1.54, 1.807) is 38.5 Å². The number of methoxy groups -OCH3 is 2. The van der Waals surface area contributed by atoms with Crippen molar-refractivity contribution in [3.63, 3.8) is 0 Å². The lowest BCUT2D eigenvalue weighted by molar-refractivity contribution is -0.118. The van der Waals surface area contributed by atoms with Crippen molar-refractivity contribution in [2.75, 3.05) is 25.3 Å². The third-order valence-electron chi connectivity index (χ3n) is 6.28. The van der Waals surface area contributed by atoms with Gasteiger partial charge in [0.1, 0.15) is 11.5 Å². The van der Waals surface area contributed by atoms with Crippen molar-refractivity contribution in [2.24, 2.45) is 5.41 Å². The summed E-state index contributed by atoms with van der Waals surface area (Å²) in [6, 6.07) is 16.9. The number of benzene rings is 2. The molecular formula is C28H29N3O4S. The molecule has 0 unspecified atom stereocenters. The first-order valence-corrected chi connectivity index (χ1v) is 12.6. The van der Waals surface area contributed by atoms with Crippen LogP contribution in [0.1, 0.15) is 38.2 Å². The zero-order valence-corrected chi connectivity index (χ0v) is 21.6. The Morgan fingerprint density at radius 3 is 2.53 bits per heavy atom. The number of nitrogens with one attached hydrogen (secondary N) is 2. The van der Waals surface area contributed by atoms with Crippen LogP contribution >= 0.6 is 11.8 Å². The predicted molar refractivity (Wildman–Crippen MR) is 141 cm³/mol. The van der Waals surface area contributed by atoms with Crippen LogP contribution in [0.5, 0.6) is 11.5 Å². The monoisotopic (exact) mass is 503 g/mol. The Bertz CT molecular complexity index is 1290. The number of carbonyl (C=O) groups excluding carboxylic acids is 2. The highest BCUT2D eigenvalue weighted by molar-refractivity contribution is 8.03. The summed E-state index contributed by atoms with van der Waals surface area (Å²) in [7, 11) is 3.17. The second-order valence-electron chi connectivity index (χ2n) is 9.59. The molecule has 2 aliphatic rings. The predicted octanol–water partition coefficient (Wildman–Crippen LogP) is 5.14. The molecule has 2 aromatic carbocycles. The van der Waals surface area contributed by atoms with Crippen molar-refractivity contribution in [1.29, 1.82) is 5.26 Å². The molecule has 2 N–H and O–H groups in total. The molecule has 186 valence electrons. The lowest BCUT2D eigenvalue weighted by Gasteiger charge is -2.39. The van der Waals surface area contributed by atoms with Gasteiger partial charge in [-0.05, 0) is 41.7 Å². The number of hydrogen-bond donors (Lipinski definition) is 2. The Morgan fingerprint density at radius 1 is 1.14 bits per heavy atom. The van der Waals surface area contributed by atoms with E-state index >= 15 is 0 Å². The van der Waals surface area contributed by atoms with Crippen molar-refractivity contribution in [2.45, 2.75) is 32.6 Å². The van der Waals surface area contributed by atoms with Gasteiger partial charge in [-0.2, -0.15) is 5.26 Å². The molecule has 7 nitrogen and oxygen atoms in total. The number of nitrogens with zero attached hydrogens (tertiary/aromatic N) is 1. The number of carbonyl (C=O) groups is 2. The molecule has 1 aliphatic heterocycles. The molecular weight excluding hydrogens is 474 g/mol. The van der Waals surface area contributed by atoms with Crippen molar-refractivity contribution < 1.29 is 19.1 Å². The maximum Gasteiger partial charge on any atom is 0.234 e. The fourth-order valence-electron chi connectivity index (χ4n) is 4.66. The van der Waals surface area contributed by atoms with Crippen molar-refractivity contribution >= 4 is 29.1 Å². The Labute approximate surface area is 215 Å². The van der Waals surface area contributed by atoms with E-state index < -0.39 is 5.92 Å². The van der Waals surface area contributed by atoms with Crippen LogP contribution in [0.3, 0.4) is 0 Å². The first-order chi connectivity index (χ1) is 17.2. The first-order valence-electron chi connectivity index (χ1n) is 11.6. The number of rotatable bonds is 7. The largest absolute Gasteiger partial charge is 0.497 e. The third-order valence-corrected chi connectivity index (χ3v) is 7.29. The molecule has 4 rings (SSSR count). The smallest absolute Gasteiger partial charge is 0.234 e. The molecule has 0 fully saturated rings. The van der Waals surface area contributed by atoms with Gasteiger partial charge in [0, 0.05) is 29.4 Å². The third kappa shape index (κ3) is 5.42. The molecule has 0 aromatic heterocycles. The average Bonchev–Trinajstić information content (AvgIpc) is 2.86. The number of ketones is 1. The van der Waals surface area contributed by atoms with Crippen LogP contribution in [0.25, 0.3) is 0 Å². The molecule has 1 amide bonds. The van der Waals surface area contributed by atoms with Gasteiger partial charge in [0.2, 0.25) is 5.91 Å². The van der Waals surface area contributed by atoms with Gasteiger partial charge in [-0.15, -0.1) is 0 Å². The van der Waals surface area contributed by atoms with E-state index in [0.717, 1.165) is 11.3 Å². The molecule has 2 aromatic rings. The standard InChI is InChI=1S/C28H29N3O4S/c1-28(2)13-22-26(23(32)14-28)25(17-8-10-19(34-3)11-9-17)21(15-29)27(31-22)36-16-24(33)30-18-6-5-7-20(12-18)35-4/h5-12,25,31H,13-14,16H2,1-4H3,(H,30,33)/t25-/m0/s1. The summed E-state index contributed by atoms with van der Waals surface area (Å²) in [5.74, 6) is 0.784. The molecule has 0 saturated carbocycles. The minimum absolute atomic E-state index is 0.0436. The van der Waals surface area contributed by atoms with E-state index in [1.165, 1.54) is 11.8 Å². The highest BCUT2D eigenvalue weighted by atomic mass is 32.2. The van der Waals surface area contributed by atoms with Gasteiger partial charge in [0.15, 0.2) is 5.78 Å². The quantitative estimate of drug-likeness (QED) is 0.539. The molecule has 8 heteroatoms. The number of anilines is 1. The van der Waals surface area contributed by atoms with Crippen LogP contribution < -0.4 is 20.1 Å². The number of allylic oxidation sites excluding steroid dienone is 3. The first kappa shape index (κ1) is 25.4. The summed E-state index contributed by atoms with van der Waals surface area (Å²) < 4.78 is 10.5. The summed E-state index contributed by atoms with van der Waals surface area (Å²) in [5.41, 5.74) is 3.18. The van der Waals surface area contributed by atoms with Gasteiger partial charge >= 0.3 is 0 Å². The summed E-state index contributed by atoms with van der Waals surface area (Å²) >= 11 is 1.26. The Hall–Kier alpha value is -3.70. The molecule has 0 spiro atoms. The van der Waals surface area contributed by atoms with Gasteiger partial charge in [0.25, 0.3) is 0 Å². The van der Waals surface area contributed by atoms with Crippen molar-refractivity contribution in [3.8, 4) is 17.6 Å². The number of nitriles is 1. The van der Waals surface area contributed by atoms with Crippen LogP contribution in [-0.4, -0.2) is 31.7 Å². The van der Waals surface area contributed by atoms with E-state index in [4.69, 9.17) is 9.47 Å². The summed E-state index contributed by atoms with van der Waals surface area (Å²) in [4.78, 5) is 26.0. The molecule has 1 heterocycles. The fourth-order valence-corrected chi connectivity index (χ4v) is 5.52. The van der Waals surface area contributed by atoms with Crippen LogP contribution in [-0.2, 0) is 9.59 Å². The van der Waals surface area contributed by atoms with Crippen LogP contribution in [0.15, 0.2) is 70.4 Å². The summed E-state index contributed by atoms with van der Waals surface area (Å²) in [6.45, 7) is 4.13. The Balaban J connectivity index is 1.63. The Kier molecular flexibility index (Phi) is 7.41. The van der Waals surface area contributed by atoms with Crippen molar-refractivity contribution in [1.82, 2.24) is 5.32 Å². The lowest BCUT2D eigenvalue weighted by Crippen LogP contribution is -2.37. The number of ether oxygens (including phenoxy) is 2. The molecule has 0 bridgehead atoms. The van der Waals surface area contributed by atoms with Gasteiger partial charge in [-0.3, -0.25) is 9.59 Å². The van der Waals surface area contributed by atoms with Gasteiger partial charge < -0.3 is 20.1 Å². The van der Waals surface area contributed by atoms with Gasteiger partial charge in [-0.1, -0.05) is 43.8 Å². The van der Waals surface area contributed by atoms with Crippen LogP contribution in [0, 0.1) is 16.7 Å². The van der Waals surface area contributed by atoms with E-state index in [2.05, 4.69) is 30.6 Å². The van der Waals surface area contributed by atoms with E-state index in [0.29, 0.717) is 46.2 Å². The van der Waals surface area contributed by atoms with Crippen LogP contribution in [0.2, 0.25) is 0 Å². The average molecular weight is 504 g/mol. The minimum atomic E-state index is -0.496. The normalized spacial score (nSPS) is 18.6. The number of amides is 1. The van der Waals surface area contributed by atoms with Crippen molar-refractivity contribution in [3.05, 3.63) is 76.0 Å². The Morgan fingerprint density at radius 2 is 1.86 bits per heavy atom. The van der Waals surface area contributed by atoms with Crippen LogP contribution in [0.4, 0.5) is 5.69 Å². The maximum absolute atomic E-state index is 13.3. The number of thioether (sulfide) groups is 1. The fraction of sp³-hybridized carbons (Fsp3) is 0.321.